The molecular weight excluding hydrogens is 328 g/mol. The molecule has 1 aliphatic rings. The molecule has 0 saturated carbocycles. The molecule has 7 nitrogen and oxygen atoms in total. The van der Waals surface area contributed by atoms with Gasteiger partial charge in [0.05, 0.1) is 17.4 Å². The third-order valence-corrected chi connectivity index (χ3v) is 4.69. The van der Waals surface area contributed by atoms with Crippen LogP contribution in [0.2, 0.25) is 0 Å². The zero-order valence-corrected chi connectivity index (χ0v) is 14.8. The van der Waals surface area contributed by atoms with Gasteiger partial charge in [-0.1, -0.05) is 6.07 Å². The second kappa shape index (κ2) is 7.80. The van der Waals surface area contributed by atoms with E-state index in [-0.39, 0.29) is 0 Å². The zero-order chi connectivity index (χ0) is 17.8. The van der Waals surface area contributed by atoms with E-state index in [2.05, 4.69) is 20.4 Å². The van der Waals surface area contributed by atoms with Crippen LogP contribution in [0, 0.1) is 0 Å². The number of aromatic nitrogens is 4. The molecule has 7 heteroatoms. The van der Waals surface area contributed by atoms with Gasteiger partial charge >= 0.3 is 0 Å². The first-order valence-electron chi connectivity index (χ1n) is 9.18. The van der Waals surface area contributed by atoms with E-state index in [1.165, 1.54) is 12.8 Å². The maximum Gasteiger partial charge on any atom is 0.166 e. The van der Waals surface area contributed by atoms with Gasteiger partial charge in [0.2, 0.25) is 0 Å². The lowest BCUT2D eigenvalue weighted by Crippen LogP contribution is -2.27. The number of nitrogens with one attached hydrogen (secondary N) is 1. The Morgan fingerprint density at radius 2 is 2.27 bits per heavy atom. The second-order valence-corrected chi connectivity index (χ2v) is 6.65. The van der Waals surface area contributed by atoms with Gasteiger partial charge in [-0.15, -0.1) is 5.10 Å². The van der Waals surface area contributed by atoms with Gasteiger partial charge in [0, 0.05) is 31.7 Å². The Bertz CT molecular complexity index is 857. The summed E-state index contributed by atoms with van der Waals surface area (Å²) >= 11 is 0. The molecule has 0 amide bonds. The van der Waals surface area contributed by atoms with Crippen molar-refractivity contribution in [1.82, 2.24) is 24.9 Å². The van der Waals surface area contributed by atoms with E-state index >= 15 is 0 Å². The molecule has 0 spiro atoms. The molecule has 1 atom stereocenters. The Morgan fingerprint density at radius 1 is 1.31 bits per heavy atom. The van der Waals surface area contributed by atoms with Crippen molar-refractivity contribution in [3.8, 4) is 11.3 Å². The molecule has 26 heavy (non-hydrogen) atoms. The summed E-state index contributed by atoms with van der Waals surface area (Å²) < 4.78 is 7.37. The van der Waals surface area contributed by atoms with E-state index in [4.69, 9.17) is 10.5 Å². The molecule has 1 fully saturated rings. The van der Waals surface area contributed by atoms with Crippen LogP contribution in [0.5, 0.6) is 0 Å². The van der Waals surface area contributed by atoms with Crippen LogP contribution in [-0.2, 0) is 11.2 Å². The third-order valence-electron chi connectivity index (χ3n) is 4.69. The zero-order valence-electron chi connectivity index (χ0n) is 14.8. The van der Waals surface area contributed by atoms with Crippen LogP contribution in [0.25, 0.3) is 16.9 Å². The summed E-state index contributed by atoms with van der Waals surface area (Å²) in [5, 5.41) is 7.88. The normalized spacial score (nSPS) is 17.2. The van der Waals surface area contributed by atoms with Gasteiger partial charge in [-0.05, 0) is 49.9 Å². The fraction of sp³-hybridized carbons (Fsp3) is 0.421. The van der Waals surface area contributed by atoms with Gasteiger partial charge in [-0.3, -0.25) is 4.98 Å². The van der Waals surface area contributed by atoms with Crippen molar-refractivity contribution in [2.45, 2.75) is 31.8 Å². The SMILES string of the molecule is Nc1nn2cc(CCCNCC3CCCO3)cnc2c1-c1ccccn1. The van der Waals surface area contributed by atoms with Gasteiger partial charge in [-0.25, -0.2) is 9.50 Å². The van der Waals surface area contributed by atoms with Crippen molar-refractivity contribution in [1.29, 1.82) is 0 Å². The van der Waals surface area contributed by atoms with Crippen molar-refractivity contribution in [2.75, 3.05) is 25.4 Å². The minimum Gasteiger partial charge on any atom is -0.382 e. The van der Waals surface area contributed by atoms with Gasteiger partial charge in [-0.2, -0.15) is 0 Å². The van der Waals surface area contributed by atoms with E-state index < -0.39 is 0 Å². The Hall–Kier alpha value is -2.51. The number of fused-ring (bicyclic) bond motifs is 1. The topological polar surface area (TPSA) is 90.4 Å². The largest absolute Gasteiger partial charge is 0.382 e. The van der Waals surface area contributed by atoms with Crippen LogP contribution in [0.1, 0.15) is 24.8 Å². The number of nitrogens with zero attached hydrogens (tertiary/aromatic N) is 4. The summed E-state index contributed by atoms with van der Waals surface area (Å²) in [5.41, 5.74) is 9.56. The third kappa shape index (κ3) is 3.68. The summed E-state index contributed by atoms with van der Waals surface area (Å²) in [6.45, 7) is 2.82. The van der Waals surface area contributed by atoms with Crippen molar-refractivity contribution < 1.29 is 4.74 Å². The van der Waals surface area contributed by atoms with Crippen LogP contribution < -0.4 is 11.1 Å². The van der Waals surface area contributed by atoms with Crippen molar-refractivity contribution in [3.05, 3.63) is 42.4 Å². The fourth-order valence-corrected chi connectivity index (χ4v) is 3.36. The molecule has 1 saturated heterocycles. The molecule has 0 bridgehead atoms. The maximum absolute atomic E-state index is 6.10. The van der Waals surface area contributed by atoms with Gasteiger partial charge < -0.3 is 15.8 Å². The van der Waals surface area contributed by atoms with Crippen LogP contribution >= 0.6 is 0 Å². The first-order valence-corrected chi connectivity index (χ1v) is 9.18. The molecule has 136 valence electrons. The number of anilines is 1. The Morgan fingerprint density at radius 3 is 3.08 bits per heavy atom. The van der Waals surface area contributed by atoms with Gasteiger partial charge in [0.25, 0.3) is 0 Å². The molecular formula is C19H24N6O. The van der Waals surface area contributed by atoms with Crippen molar-refractivity contribution in [3.63, 3.8) is 0 Å². The number of hydrogen-bond donors (Lipinski definition) is 2. The van der Waals surface area contributed by atoms with Crippen molar-refractivity contribution in [2.24, 2.45) is 0 Å². The van der Waals surface area contributed by atoms with E-state index in [0.717, 1.165) is 55.0 Å². The minimum atomic E-state index is 0.394. The quantitative estimate of drug-likeness (QED) is 0.633. The first-order chi connectivity index (χ1) is 12.8. The smallest absolute Gasteiger partial charge is 0.166 e. The Kier molecular flexibility index (Phi) is 5.08. The van der Waals surface area contributed by atoms with Crippen LogP contribution in [0.4, 0.5) is 5.82 Å². The predicted molar refractivity (Wildman–Crippen MR) is 101 cm³/mol. The first kappa shape index (κ1) is 16.9. The highest BCUT2D eigenvalue weighted by Gasteiger charge is 2.15. The van der Waals surface area contributed by atoms with E-state index in [0.29, 0.717) is 11.9 Å². The lowest BCUT2D eigenvalue weighted by Gasteiger charge is -2.10. The Balaban J connectivity index is 1.38. The molecule has 3 aromatic heterocycles. The van der Waals surface area contributed by atoms with E-state index in [1.54, 1.807) is 10.7 Å². The maximum atomic E-state index is 6.10. The number of aryl methyl sites for hydroxylation is 1. The standard InChI is InChI=1S/C19H24N6O/c20-18-17(16-7-1-2-9-22-16)19-23-11-14(13-25(19)24-18)5-3-8-21-12-15-6-4-10-26-15/h1-2,7,9,11,13,15,21H,3-6,8,10,12H2,(H2,20,24). The average molecular weight is 352 g/mol. The predicted octanol–water partition coefficient (Wildman–Crippen LogP) is 2.07. The lowest BCUT2D eigenvalue weighted by molar-refractivity contribution is 0.110. The molecule has 1 aliphatic heterocycles. The molecule has 4 heterocycles. The lowest BCUT2D eigenvalue weighted by atomic mass is 10.1. The summed E-state index contributed by atoms with van der Waals surface area (Å²) in [6, 6.07) is 5.73. The fourth-order valence-electron chi connectivity index (χ4n) is 3.36. The number of rotatable bonds is 7. The highest BCUT2D eigenvalue weighted by molar-refractivity contribution is 5.84. The van der Waals surface area contributed by atoms with Gasteiger partial charge in [0.15, 0.2) is 11.5 Å². The van der Waals surface area contributed by atoms with E-state index in [9.17, 15) is 0 Å². The summed E-state index contributed by atoms with van der Waals surface area (Å²) in [5.74, 6) is 0.451. The number of nitrogens with two attached hydrogens (primary N) is 1. The van der Waals surface area contributed by atoms with Crippen LogP contribution in [0.15, 0.2) is 36.8 Å². The van der Waals surface area contributed by atoms with Gasteiger partial charge in [0.1, 0.15) is 0 Å². The second-order valence-electron chi connectivity index (χ2n) is 6.65. The monoisotopic (exact) mass is 352 g/mol. The molecule has 1 unspecified atom stereocenters. The number of ether oxygens (including phenoxy) is 1. The minimum absolute atomic E-state index is 0.394. The highest BCUT2D eigenvalue weighted by atomic mass is 16.5. The highest BCUT2D eigenvalue weighted by Crippen LogP contribution is 2.27. The van der Waals surface area contributed by atoms with Crippen LogP contribution in [-0.4, -0.2) is 45.4 Å². The molecule has 0 aromatic carbocycles. The number of nitrogen functional groups attached to an aromatic ring is 1. The Labute approximate surface area is 152 Å². The summed E-state index contributed by atoms with van der Waals surface area (Å²) in [6.07, 6.45) is 10.4. The van der Waals surface area contributed by atoms with E-state index in [1.807, 2.05) is 30.6 Å². The number of pyridine rings is 1. The van der Waals surface area contributed by atoms with Crippen LogP contribution in [0.3, 0.4) is 0 Å². The molecule has 0 aliphatic carbocycles. The summed E-state index contributed by atoms with van der Waals surface area (Å²) in [7, 11) is 0. The molecule has 0 radical (unpaired) electrons. The number of hydrogen-bond acceptors (Lipinski definition) is 6. The van der Waals surface area contributed by atoms with Crippen molar-refractivity contribution >= 4 is 11.5 Å². The molecule has 3 N–H and O–H groups in total. The average Bonchev–Trinajstić information content (AvgIpc) is 3.28. The molecule has 3 aromatic rings. The summed E-state index contributed by atoms with van der Waals surface area (Å²) in [4.78, 5) is 8.95. The molecule has 4 rings (SSSR count).